The molecule has 5 aromatic carbocycles. The van der Waals surface area contributed by atoms with E-state index >= 15 is 0 Å². The van der Waals surface area contributed by atoms with E-state index < -0.39 is 11.6 Å². The summed E-state index contributed by atoms with van der Waals surface area (Å²) < 4.78 is 12.5. The molecule has 11 heteroatoms. The van der Waals surface area contributed by atoms with E-state index in [-0.39, 0.29) is 25.5 Å². The van der Waals surface area contributed by atoms with Gasteiger partial charge < -0.3 is 14.6 Å². The lowest BCUT2D eigenvalue weighted by molar-refractivity contribution is -0.130. The minimum absolute atomic E-state index is 0.0437. The average molecular weight is 715 g/mol. The molecule has 0 spiro atoms. The summed E-state index contributed by atoms with van der Waals surface area (Å²) in [5, 5.41) is 13.6. The van der Waals surface area contributed by atoms with Crippen LogP contribution in [0.3, 0.4) is 0 Å². The van der Waals surface area contributed by atoms with Gasteiger partial charge in [-0.1, -0.05) is 108 Å². The van der Waals surface area contributed by atoms with Crippen LogP contribution in [0, 0.1) is 0 Å². The summed E-state index contributed by atoms with van der Waals surface area (Å²) in [6, 6.07) is 40.5. The second kappa shape index (κ2) is 17.5. The van der Waals surface area contributed by atoms with Gasteiger partial charge in [0, 0.05) is 41.5 Å². The van der Waals surface area contributed by atoms with Gasteiger partial charge in [0.15, 0.2) is 11.6 Å². The molecule has 1 amide bonds. The number of aliphatic hydroxyl groups is 1. The van der Waals surface area contributed by atoms with Crippen molar-refractivity contribution >= 4 is 23.4 Å². The Morgan fingerprint density at radius 3 is 2.35 bits per heavy atom. The topological polar surface area (TPSA) is 141 Å². The fraction of sp³-hybridized carbons (Fsp3) is 0.220. The molecule has 6 rings (SSSR count). The minimum atomic E-state index is -1.48. The third-order valence-electron chi connectivity index (χ3n) is 8.86. The number of ether oxygens (including phenoxy) is 2. The third-order valence-corrected chi connectivity index (χ3v) is 9.10. The van der Waals surface area contributed by atoms with Crippen molar-refractivity contribution in [2.24, 2.45) is 10.1 Å². The number of nitrogens with zero attached hydrogens (tertiary/aromatic N) is 4. The molecule has 2 atom stereocenters. The van der Waals surface area contributed by atoms with Crippen LogP contribution in [0.1, 0.15) is 40.3 Å². The Balaban J connectivity index is 1.38. The Morgan fingerprint density at radius 1 is 0.904 bits per heavy atom. The summed E-state index contributed by atoms with van der Waals surface area (Å²) in [6.45, 7) is 0.994. The molecule has 3 N–H and O–H groups in total. The van der Waals surface area contributed by atoms with E-state index in [9.17, 15) is 4.79 Å². The van der Waals surface area contributed by atoms with E-state index in [0.29, 0.717) is 48.2 Å². The van der Waals surface area contributed by atoms with Gasteiger partial charge in [-0.05, 0) is 81.7 Å². The summed E-state index contributed by atoms with van der Waals surface area (Å²) in [5.74, 6) is 0.567. The van der Waals surface area contributed by atoms with Crippen molar-refractivity contribution in [3.8, 4) is 16.9 Å². The first kappa shape index (κ1) is 36.2. The third kappa shape index (κ3) is 8.80. The van der Waals surface area contributed by atoms with Gasteiger partial charge in [-0.3, -0.25) is 10.2 Å². The molecule has 0 saturated heterocycles. The largest absolute Gasteiger partial charge is 0.494 e. The van der Waals surface area contributed by atoms with Crippen LogP contribution in [0.15, 0.2) is 138 Å². The van der Waals surface area contributed by atoms with E-state index in [1.165, 1.54) is 0 Å². The molecule has 264 valence electrons. The number of rotatable bonds is 16. The number of hydrogen-bond acceptors (Lipinski definition) is 7. The Bertz CT molecular complexity index is 2040. The van der Waals surface area contributed by atoms with Gasteiger partial charge >= 0.3 is 0 Å². The van der Waals surface area contributed by atoms with Crippen molar-refractivity contribution in [1.29, 1.82) is 0 Å². The van der Waals surface area contributed by atoms with E-state index in [4.69, 9.17) is 36.7 Å². The van der Waals surface area contributed by atoms with Crippen molar-refractivity contribution in [2.45, 2.75) is 37.5 Å². The normalized spacial score (nSPS) is 16.3. The van der Waals surface area contributed by atoms with Gasteiger partial charge in [-0.25, -0.2) is 10.4 Å². The van der Waals surface area contributed by atoms with Gasteiger partial charge in [-0.15, -0.1) is 0 Å². The molecule has 0 bridgehead atoms. The van der Waals surface area contributed by atoms with Gasteiger partial charge in [0.2, 0.25) is 5.90 Å². The number of aliphatic imine (C=N–C) groups is 1. The fourth-order valence-corrected chi connectivity index (χ4v) is 6.41. The second-order valence-electron chi connectivity index (χ2n) is 12.4. The number of nitrogens with one attached hydrogen (secondary N) is 2. The average Bonchev–Trinajstić information content (AvgIpc) is 3.57. The van der Waals surface area contributed by atoms with Crippen LogP contribution in [0.25, 0.3) is 21.6 Å². The highest BCUT2D eigenvalue weighted by molar-refractivity contribution is 6.30. The number of hydrazine groups is 1. The Morgan fingerprint density at radius 2 is 1.62 bits per heavy atom. The number of carbonyl (C=O) groups excluding carboxylic acids is 1. The molecular weight excluding hydrogens is 676 g/mol. The summed E-state index contributed by atoms with van der Waals surface area (Å²) in [7, 11) is 0. The van der Waals surface area contributed by atoms with E-state index in [2.05, 4.69) is 20.9 Å². The van der Waals surface area contributed by atoms with Crippen molar-refractivity contribution in [3.63, 3.8) is 0 Å². The standard InChI is InChI=1S/C41H39ClN6O4/c42-36-13-6-8-29(26-36)22-23-44-47-40(50)41(27-34-11-4-5-12-35(34)28-45-48-43)38(32-16-14-31(15-17-32)30-9-2-1-3-10-30)52-39(46-41)33-18-20-37(21-19-33)51-25-7-24-49/h1-6,8-21,26,38,44,49H,7,22-25,27-28H2,(H,47,50)/t38-,41-/m0/s1. The number of carbonyl (C=O) groups is 1. The maximum absolute atomic E-state index is 14.7. The highest BCUT2D eigenvalue weighted by Gasteiger charge is 2.53. The first-order valence-electron chi connectivity index (χ1n) is 17.1. The molecule has 1 aliphatic heterocycles. The van der Waals surface area contributed by atoms with Crippen molar-refractivity contribution in [1.82, 2.24) is 10.9 Å². The molecule has 0 unspecified atom stereocenters. The van der Waals surface area contributed by atoms with Crippen LogP contribution in [0.5, 0.6) is 5.75 Å². The molecule has 0 fully saturated rings. The molecule has 1 aliphatic rings. The second-order valence-corrected chi connectivity index (χ2v) is 12.8. The number of aliphatic hydroxyl groups excluding tert-OH is 1. The molecule has 0 aliphatic carbocycles. The van der Waals surface area contributed by atoms with Gasteiger partial charge in [0.05, 0.1) is 13.2 Å². The van der Waals surface area contributed by atoms with Gasteiger partial charge in [0.1, 0.15) is 5.75 Å². The number of azide groups is 1. The lowest BCUT2D eigenvalue weighted by atomic mass is 9.80. The Kier molecular flexibility index (Phi) is 12.2. The van der Waals surface area contributed by atoms with Crippen LogP contribution in [-0.4, -0.2) is 42.2 Å². The zero-order chi connectivity index (χ0) is 36.2. The SMILES string of the molecule is [N-]=[N+]=NCc1ccccc1C[C@]1(C(=O)NNCCc2cccc(Cl)c2)N=C(c2ccc(OCCCO)cc2)O[C@H]1c1ccc(-c2ccccc2)cc1. The van der Waals surface area contributed by atoms with Crippen LogP contribution >= 0.6 is 11.6 Å². The molecule has 1 heterocycles. The number of amides is 1. The highest BCUT2D eigenvalue weighted by Crippen LogP contribution is 2.43. The zero-order valence-electron chi connectivity index (χ0n) is 28.5. The maximum atomic E-state index is 14.7. The van der Waals surface area contributed by atoms with Crippen LogP contribution in [-0.2, 0) is 28.9 Å². The fourth-order valence-electron chi connectivity index (χ4n) is 6.20. The van der Waals surface area contributed by atoms with Crippen molar-refractivity contribution in [2.75, 3.05) is 19.8 Å². The lowest BCUT2D eigenvalue weighted by Crippen LogP contribution is -2.54. The van der Waals surface area contributed by atoms with Crippen molar-refractivity contribution < 1.29 is 19.4 Å². The molecule has 0 aromatic heterocycles. The summed E-state index contributed by atoms with van der Waals surface area (Å²) in [4.78, 5) is 22.8. The summed E-state index contributed by atoms with van der Waals surface area (Å²) in [6.07, 6.45) is 0.484. The van der Waals surface area contributed by atoms with Gasteiger partial charge in [-0.2, -0.15) is 0 Å². The highest BCUT2D eigenvalue weighted by atomic mass is 35.5. The summed E-state index contributed by atoms with van der Waals surface area (Å²) in [5.41, 5.74) is 19.8. The summed E-state index contributed by atoms with van der Waals surface area (Å²) >= 11 is 6.19. The monoisotopic (exact) mass is 714 g/mol. The number of halogens is 1. The first-order valence-corrected chi connectivity index (χ1v) is 17.5. The predicted molar refractivity (Wildman–Crippen MR) is 203 cm³/mol. The van der Waals surface area contributed by atoms with E-state index in [1.54, 1.807) is 0 Å². The molecule has 0 radical (unpaired) electrons. The molecule has 5 aromatic rings. The van der Waals surface area contributed by atoms with Crippen LogP contribution < -0.4 is 15.6 Å². The number of hydrogen-bond donors (Lipinski definition) is 3. The molecule has 10 nitrogen and oxygen atoms in total. The van der Waals surface area contributed by atoms with E-state index in [1.807, 2.05) is 127 Å². The number of benzene rings is 5. The molecule has 52 heavy (non-hydrogen) atoms. The lowest BCUT2D eigenvalue weighted by Gasteiger charge is -2.31. The van der Waals surface area contributed by atoms with Crippen molar-refractivity contribution in [3.05, 3.63) is 171 Å². The van der Waals surface area contributed by atoms with Crippen LogP contribution in [0.2, 0.25) is 5.02 Å². The Labute approximate surface area is 307 Å². The molecule has 0 saturated carbocycles. The minimum Gasteiger partial charge on any atom is -0.494 e. The predicted octanol–water partition coefficient (Wildman–Crippen LogP) is 7.94. The van der Waals surface area contributed by atoms with Crippen LogP contribution in [0.4, 0.5) is 0 Å². The first-order chi connectivity index (χ1) is 25.5. The van der Waals surface area contributed by atoms with E-state index in [0.717, 1.165) is 33.4 Å². The molecular formula is C41H39ClN6O4. The zero-order valence-corrected chi connectivity index (χ0v) is 29.2. The quantitative estimate of drug-likeness (QED) is 0.0313. The maximum Gasteiger partial charge on any atom is 0.266 e. The Hall–Kier alpha value is -5.64. The van der Waals surface area contributed by atoms with Gasteiger partial charge in [0.25, 0.3) is 5.91 Å². The smallest absolute Gasteiger partial charge is 0.266 e.